The van der Waals surface area contributed by atoms with Gasteiger partial charge in [-0.05, 0) is 37.0 Å². The minimum atomic E-state index is -0.278. The summed E-state index contributed by atoms with van der Waals surface area (Å²) in [5.41, 5.74) is 0.360. The van der Waals surface area contributed by atoms with Crippen molar-refractivity contribution in [3.63, 3.8) is 0 Å². The Kier molecular flexibility index (Phi) is 4.57. The maximum absolute atomic E-state index is 11.2. The van der Waals surface area contributed by atoms with E-state index in [1.54, 1.807) is 0 Å². The molecule has 0 radical (unpaired) electrons. The van der Waals surface area contributed by atoms with E-state index in [0.717, 1.165) is 12.8 Å². The molecule has 0 aromatic heterocycles. The Morgan fingerprint density at radius 1 is 1.50 bits per heavy atom. The number of esters is 1. The molecule has 2 unspecified atom stereocenters. The zero-order valence-electron chi connectivity index (χ0n) is 10.8. The fraction of sp³-hybridized carbons (Fsp3) is 0.786. The maximum atomic E-state index is 11.2. The van der Waals surface area contributed by atoms with E-state index in [4.69, 9.17) is 4.74 Å². The average Bonchev–Trinajstić information content (AvgIpc) is 2.29. The Morgan fingerprint density at radius 3 is 2.75 bits per heavy atom. The van der Waals surface area contributed by atoms with Crippen molar-refractivity contribution >= 4 is 5.97 Å². The van der Waals surface area contributed by atoms with Crippen molar-refractivity contribution in [2.45, 2.75) is 59.0 Å². The third-order valence-electron chi connectivity index (χ3n) is 4.09. The second-order valence-electron chi connectivity index (χ2n) is 5.47. The van der Waals surface area contributed by atoms with Crippen LogP contribution in [0.3, 0.4) is 0 Å². The zero-order valence-corrected chi connectivity index (χ0v) is 10.8. The summed E-state index contributed by atoms with van der Waals surface area (Å²) in [5, 5.41) is 0. The lowest BCUT2D eigenvalue weighted by molar-refractivity contribution is -0.146. The van der Waals surface area contributed by atoms with E-state index in [1.807, 2.05) is 0 Å². The van der Waals surface area contributed by atoms with Crippen molar-refractivity contribution < 1.29 is 9.53 Å². The van der Waals surface area contributed by atoms with Crippen LogP contribution in [0.5, 0.6) is 0 Å². The Balaban J connectivity index is 2.53. The highest BCUT2D eigenvalue weighted by Crippen LogP contribution is 2.41. The van der Waals surface area contributed by atoms with Gasteiger partial charge in [0.25, 0.3) is 0 Å². The van der Waals surface area contributed by atoms with Gasteiger partial charge in [-0.25, -0.2) is 4.79 Å². The molecule has 1 fully saturated rings. The minimum absolute atomic E-state index is 0.107. The average molecular weight is 224 g/mol. The van der Waals surface area contributed by atoms with Crippen LogP contribution in [0.2, 0.25) is 0 Å². The molecule has 0 bridgehead atoms. The van der Waals surface area contributed by atoms with Gasteiger partial charge in [0.1, 0.15) is 6.10 Å². The summed E-state index contributed by atoms with van der Waals surface area (Å²) in [6.07, 6.45) is 7.01. The van der Waals surface area contributed by atoms with E-state index in [-0.39, 0.29) is 12.1 Å². The molecule has 92 valence electrons. The molecule has 0 saturated heterocycles. The first-order chi connectivity index (χ1) is 7.49. The first kappa shape index (κ1) is 13.3. The molecule has 0 aromatic carbocycles. The molecule has 2 atom stereocenters. The van der Waals surface area contributed by atoms with E-state index >= 15 is 0 Å². The van der Waals surface area contributed by atoms with Crippen LogP contribution in [-0.2, 0) is 9.53 Å². The lowest BCUT2D eigenvalue weighted by Gasteiger charge is -2.39. The molecular formula is C14H24O2. The molecule has 1 rings (SSSR count). The largest absolute Gasteiger partial charge is 0.459 e. The number of hydrogen-bond donors (Lipinski definition) is 0. The first-order valence-electron chi connectivity index (χ1n) is 6.32. The first-order valence-corrected chi connectivity index (χ1v) is 6.32. The molecule has 16 heavy (non-hydrogen) atoms. The molecule has 0 heterocycles. The van der Waals surface area contributed by atoms with Crippen LogP contribution in [0.1, 0.15) is 52.9 Å². The van der Waals surface area contributed by atoms with Crippen LogP contribution < -0.4 is 0 Å². The lowest BCUT2D eigenvalue weighted by Crippen LogP contribution is -2.33. The minimum Gasteiger partial charge on any atom is -0.459 e. The van der Waals surface area contributed by atoms with Gasteiger partial charge in [0.15, 0.2) is 0 Å². The van der Waals surface area contributed by atoms with Gasteiger partial charge in [-0.3, -0.25) is 0 Å². The number of carbonyl (C=O) groups excluding carboxylic acids is 1. The smallest absolute Gasteiger partial charge is 0.330 e. The van der Waals surface area contributed by atoms with E-state index in [2.05, 4.69) is 27.4 Å². The molecule has 0 spiro atoms. The van der Waals surface area contributed by atoms with Crippen LogP contribution in [0.15, 0.2) is 12.7 Å². The van der Waals surface area contributed by atoms with Gasteiger partial charge in [-0.15, -0.1) is 0 Å². The molecule has 1 aliphatic rings. The molecule has 0 aromatic rings. The van der Waals surface area contributed by atoms with Crippen molar-refractivity contribution in [2.75, 3.05) is 0 Å². The summed E-state index contributed by atoms with van der Waals surface area (Å²) < 4.78 is 5.35. The summed E-state index contributed by atoms with van der Waals surface area (Å²) in [5.74, 6) is 0.397. The summed E-state index contributed by atoms with van der Waals surface area (Å²) in [6.45, 7) is 10.3. The molecule has 0 aliphatic heterocycles. The lowest BCUT2D eigenvalue weighted by atomic mass is 9.69. The van der Waals surface area contributed by atoms with Gasteiger partial charge < -0.3 is 4.74 Å². The zero-order chi connectivity index (χ0) is 12.2. The van der Waals surface area contributed by atoms with E-state index in [1.165, 1.54) is 25.3 Å². The van der Waals surface area contributed by atoms with Gasteiger partial charge in [-0.1, -0.05) is 33.8 Å². The third-order valence-corrected chi connectivity index (χ3v) is 4.09. The van der Waals surface area contributed by atoms with Crippen LogP contribution in [0.4, 0.5) is 0 Å². The molecule has 1 aliphatic carbocycles. The number of rotatable bonds is 4. The second kappa shape index (κ2) is 5.51. The molecular weight excluding hydrogens is 200 g/mol. The number of carbonyl (C=O) groups is 1. The van der Waals surface area contributed by atoms with Gasteiger partial charge in [0.2, 0.25) is 0 Å². The van der Waals surface area contributed by atoms with Gasteiger partial charge >= 0.3 is 5.97 Å². The molecule has 0 N–H and O–H groups in total. The summed E-state index contributed by atoms with van der Waals surface area (Å²) in [7, 11) is 0. The predicted molar refractivity (Wildman–Crippen MR) is 66.1 cm³/mol. The van der Waals surface area contributed by atoms with Gasteiger partial charge in [0.05, 0.1) is 0 Å². The standard InChI is InChI=1S/C14H24O2/c1-5-13(15)16-12-9-7-8-11(10-12)14(3,4)6-2/h5,11-12H,1,6-10H2,2-4H3. The highest BCUT2D eigenvalue weighted by atomic mass is 16.5. The fourth-order valence-electron chi connectivity index (χ4n) is 2.46. The van der Waals surface area contributed by atoms with Crippen molar-refractivity contribution in [2.24, 2.45) is 11.3 Å². The Hall–Kier alpha value is -0.790. The summed E-state index contributed by atoms with van der Waals surface area (Å²) >= 11 is 0. The normalized spacial score (nSPS) is 26.2. The molecule has 2 nitrogen and oxygen atoms in total. The molecule has 0 amide bonds. The van der Waals surface area contributed by atoms with Crippen molar-refractivity contribution in [1.29, 1.82) is 0 Å². The topological polar surface area (TPSA) is 26.3 Å². The van der Waals surface area contributed by atoms with Crippen molar-refractivity contribution in [1.82, 2.24) is 0 Å². The van der Waals surface area contributed by atoms with Gasteiger partial charge in [-0.2, -0.15) is 0 Å². The molecule has 1 saturated carbocycles. The molecule has 2 heteroatoms. The van der Waals surface area contributed by atoms with E-state index in [9.17, 15) is 4.79 Å². The van der Waals surface area contributed by atoms with Crippen LogP contribution >= 0.6 is 0 Å². The monoisotopic (exact) mass is 224 g/mol. The highest BCUT2D eigenvalue weighted by molar-refractivity contribution is 5.81. The summed E-state index contributed by atoms with van der Waals surface area (Å²) in [4.78, 5) is 11.2. The summed E-state index contributed by atoms with van der Waals surface area (Å²) in [6, 6.07) is 0. The third kappa shape index (κ3) is 3.36. The predicted octanol–water partition coefficient (Wildman–Crippen LogP) is 3.71. The Bertz CT molecular complexity index is 255. The number of ether oxygens (including phenoxy) is 1. The van der Waals surface area contributed by atoms with E-state index < -0.39 is 0 Å². The van der Waals surface area contributed by atoms with Crippen LogP contribution in [0.25, 0.3) is 0 Å². The second-order valence-corrected chi connectivity index (χ2v) is 5.47. The van der Waals surface area contributed by atoms with Crippen molar-refractivity contribution in [3.05, 3.63) is 12.7 Å². The highest BCUT2D eigenvalue weighted by Gasteiger charge is 2.33. The fourth-order valence-corrected chi connectivity index (χ4v) is 2.46. The van der Waals surface area contributed by atoms with E-state index in [0.29, 0.717) is 11.3 Å². The Morgan fingerprint density at radius 2 is 2.19 bits per heavy atom. The SMILES string of the molecule is C=CC(=O)OC1CCCC(C(C)(C)CC)C1. The van der Waals surface area contributed by atoms with Crippen molar-refractivity contribution in [3.8, 4) is 0 Å². The number of hydrogen-bond acceptors (Lipinski definition) is 2. The quantitative estimate of drug-likeness (QED) is 0.537. The Labute approximate surface area is 99.1 Å². The van der Waals surface area contributed by atoms with Crippen LogP contribution in [-0.4, -0.2) is 12.1 Å². The van der Waals surface area contributed by atoms with Gasteiger partial charge in [0, 0.05) is 6.08 Å². The maximum Gasteiger partial charge on any atom is 0.330 e. The van der Waals surface area contributed by atoms with Crippen LogP contribution in [0, 0.1) is 11.3 Å².